The van der Waals surface area contributed by atoms with Gasteiger partial charge in [0.15, 0.2) is 17.3 Å². The highest BCUT2D eigenvalue weighted by Crippen LogP contribution is 2.22. The van der Waals surface area contributed by atoms with Gasteiger partial charge in [0.2, 0.25) is 0 Å². The maximum absolute atomic E-state index is 13.2. The smallest absolute Gasteiger partial charge is 0.278 e. The van der Waals surface area contributed by atoms with Gasteiger partial charge in [0.05, 0.1) is 18.5 Å². The standard InChI is InChI=1S/C12H13FN4O2/c1-6-10(14)11(17-16-6)12(18)15-7-3-4-8(13)9(5-7)19-2/h3-5H,14H2,1-2H3,(H,15,18)(H,16,17). The maximum Gasteiger partial charge on any atom is 0.278 e. The number of amides is 1. The minimum Gasteiger partial charge on any atom is -0.494 e. The minimum absolute atomic E-state index is 0.0454. The molecule has 1 aromatic carbocycles. The lowest BCUT2D eigenvalue weighted by molar-refractivity contribution is 0.102. The summed E-state index contributed by atoms with van der Waals surface area (Å²) in [4.78, 5) is 11.9. The van der Waals surface area contributed by atoms with E-state index in [1.807, 2.05) is 0 Å². The monoisotopic (exact) mass is 264 g/mol. The Bertz CT molecular complexity index is 624. The van der Waals surface area contributed by atoms with Crippen LogP contribution in [0.4, 0.5) is 15.8 Å². The van der Waals surface area contributed by atoms with Gasteiger partial charge in [0.25, 0.3) is 5.91 Å². The van der Waals surface area contributed by atoms with Crippen LogP contribution in [0.1, 0.15) is 16.2 Å². The van der Waals surface area contributed by atoms with Crippen LogP contribution in [0.3, 0.4) is 0 Å². The fourth-order valence-corrected chi connectivity index (χ4v) is 1.54. The minimum atomic E-state index is -0.504. The number of anilines is 2. The zero-order valence-corrected chi connectivity index (χ0v) is 10.5. The first-order valence-electron chi connectivity index (χ1n) is 5.48. The Hall–Kier alpha value is -2.57. The number of nitrogens with one attached hydrogen (secondary N) is 2. The molecule has 1 amide bonds. The molecule has 2 aromatic rings. The third kappa shape index (κ3) is 2.49. The number of hydrogen-bond donors (Lipinski definition) is 3. The van der Waals surface area contributed by atoms with Crippen LogP contribution < -0.4 is 15.8 Å². The van der Waals surface area contributed by atoms with Gasteiger partial charge in [-0.1, -0.05) is 0 Å². The molecule has 0 unspecified atom stereocenters. The molecule has 1 aromatic heterocycles. The van der Waals surface area contributed by atoms with Gasteiger partial charge in [-0.05, 0) is 19.1 Å². The van der Waals surface area contributed by atoms with Crippen LogP contribution >= 0.6 is 0 Å². The van der Waals surface area contributed by atoms with Gasteiger partial charge >= 0.3 is 0 Å². The van der Waals surface area contributed by atoms with Crippen LogP contribution in [-0.4, -0.2) is 23.2 Å². The molecular formula is C12H13FN4O2. The van der Waals surface area contributed by atoms with E-state index in [-0.39, 0.29) is 17.1 Å². The number of aromatic nitrogens is 2. The lowest BCUT2D eigenvalue weighted by Gasteiger charge is -2.07. The van der Waals surface area contributed by atoms with Crippen molar-refractivity contribution in [1.82, 2.24) is 10.2 Å². The average molecular weight is 264 g/mol. The summed E-state index contributed by atoms with van der Waals surface area (Å²) in [5, 5.41) is 8.99. The molecule has 0 fully saturated rings. The van der Waals surface area contributed by atoms with E-state index in [2.05, 4.69) is 15.5 Å². The van der Waals surface area contributed by atoms with Gasteiger partial charge in [-0.15, -0.1) is 0 Å². The number of hydrogen-bond acceptors (Lipinski definition) is 4. The number of aryl methyl sites for hydroxylation is 1. The predicted molar refractivity (Wildman–Crippen MR) is 68.6 cm³/mol. The molecule has 4 N–H and O–H groups in total. The Morgan fingerprint density at radius 2 is 2.26 bits per heavy atom. The summed E-state index contributed by atoms with van der Waals surface area (Å²) >= 11 is 0. The second-order valence-corrected chi connectivity index (χ2v) is 3.91. The van der Waals surface area contributed by atoms with Crippen molar-refractivity contribution < 1.29 is 13.9 Å². The molecule has 0 aliphatic rings. The van der Waals surface area contributed by atoms with E-state index in [0.717, 1.165) is 0 Å². The normalized spacial score (nSPS) is 10.3. The van der Waals surface area contributed by atoms with E-state index in [1.54, 1.807) is 6.92 Å². The van der Waals surface area contributed by atoms with Crippen molar-refractivity contribution in [1.29, 1.82) is 0 Å². The highest BCUT2D eigenvalue weighted by molar-refractivity contribution is 6.06. The molecule has 0 radical (unpaired) electrons. The summed E-state index contributed by atoms with van der Waals surface area (Å²) in [6.07, 6.45) is 0. The lowest BCUT2D eigenvalue weighted by Crippen LogP contribution is -2.14. The number of nitrogens with two attached hydrogens (primary N) is 1. The molecule has 0 aliphatic heterocycles. The molecule has 7 heteroatoms. The van der Waals surface area contributed by atoms with E-state index < -0.39 is 11.7 Å². The number of benzene rings is 1. The average Bonchev–Trinajstić information content (AvgIpc) is 2.72. The number of H-pyrrole nitrogens is 1. The Morgan fingerprint density at radius 3 is 2.84 bits per heavy atom. The Kier molecular flexibility index (Phi) is 3.37. The summed E-state index contributed by atoms with van der Waals surface area (Å²) in [5.74, 6) is -0.935. The first kappa shape index (κ1) is 12.9. The van der Waals surface area contributed by atoms with Gasteiger partial charge in [-0.3, -0.25) is 9.89 Å². The highest BCUT2D eigenvalue weighted by atomic mass is 19.1. The zero-order chi connectivity index (χ0) is 14.0. The number of methoxy groups -OCH3 is 1. The van der Waals surface area contributed by atoms with Crippen LogP contribution in [-0.2, 0) is 0 Å². The number of aromatic amines is 1. The Balaban J connectivity index is 2.22. The number of nitrogens with zero attached hydrogens (tertiary/aromatic N) is 1. The summed E-state index contributed by atoms with van der Waals surface area (Å²) in [6.45, 7) is 1.71. The van der Waals surface area contributed by atoms with Crippen molar-refractivity contribution in [3.8, 4) is 5.75 Å². The predicted octanol–water partition coefficient (Wildman–Crippen LogP) is 1.70. The van der Waals surface area contributed by atoms with E-state index in [0.29, 0.717) is 11.4 Å². The molecule has 0 saturated carbocycles. The van der Waals surface area contributed by atoms with Crippen molar-refractivity contribution in [2.45, 2.75) is 6.92 Å². The molecule has 19 heavy (non-hydrogen) atoms. The third-order valence-corrected chi connectivity index (χ3v) is 2.62. The van der Waals surface area contributed by atoms with Gasteiger partial charge < -0.3 is 15.8 Å². The number of ether oxygens (including phenoxy) is 1. The fourth-order valence-electron chi connectivity index (χ4n) is 1.54. The van der Waals surface area contributed by atoms with Crippen LogP contribution in [0, 0.1) is 12.7 Å². The quantitative estimate of drug-likeness (QED) is 0.786. The molecule has 0 saturated heterocycles. The van der Waals surface area contributed by atoms with Crippen molar-refractivity contribution in [3.05, 3.63) is 35.4 Å². The van der Waals surface area contributed by atoms with E-state index in [9.17, 15) is 9.18 Å². The zero-order valence-electron chi connectivity index (χ0n) is 10.5. The van der Waals surface area contributed by atoms with Crippen molar-refractivity contribution >= 4 is 17.3 Å². The molecule has 0 spiro atoms. The first-order valence-corrected chi connectivity index (χ1v) is 5.48. The van der Waals surface area contributed by atoms with E-state index in [4.69, 9.17) is 10.5 Å². The Morgan fingerprint density at radius 1 is 1.53 bits per heavy atom. The summed E-state index contributed by atoms with van der Waals surface area (Å²) in [7, 11) is 1.35. The molecule has 6 nitrogen and oxygen atoms in total. The topological polar surface area (TPSA) is 93.0 Å². The first-order chi connectivity index (χ1) is 9.02. The highest BCUT2D eigenvalue weighted by Gasteiger charge is 2.16. The number of halogens is 1. The second-order valence-electron chi connectivity index (χ2n) is 3.91. The molecule has 0 aliphatic carbocycles. The number of carbonyl (C=O) groups is 1. The van der Waals surface area contributed by atoms with Gasteiger partial charge in [-0.25, -0.2) is 4.39 Å². The third-order valence-electron chi connectivity index (χ3n) is 2.62. The van der Waals surface area contributed by atoms with Crippen molar-refractivity contribution in [3.63, 3.8) is 0 Å². The SMILES string of the molecule is COc1cc(NC(=O)c2n[nH]c(C)c2N)ccc1F. The summed E-state index contributed by atoms with van der Waals surface area (Å²) < 4.78 is 18.1. The molecule has 100 valence electrons. The molecule has 0 bridgehead atoms. The largest absolute Gasteiger partial charge is 0.494 e. The summed E-state index contributed by atoms with van der Waals surface area (Å²) in [6, 6.07) is 4.00. The second kappa shape index (κ2) is 4.97. The number of carbonyl (C=O) groups excluding carboxylic acids is 1. The molecule has 2 rings (SSSR count). The van der Waals surface area contributed by atoms with Gasteiger partial charge in [0.1, 0.15) is 0 Å². The Labute approximate surface area is 108 Å². The number of nitrogen functional groups attached to an aromatic ring is 1. The maximum atomic E-state index is 13.2. The molecule has 0 atom stereocenters. The van der Waals surface area contributed by atoms with Crippen molar-refractivity contribution in [2.75, 3.05) is 18.2 Å². The fraction of sp³-hybridized carbons (Fsp3) is 0.167. The molecule has 1 heterocycles. The van der Waals surface area contributed by atoms with Crippen LogP contribution in [0.25, 0.3) is 0 Å². The van der Waals surface area contributed by atoms with Gasteiger partial charge in [-0.2, -0.15) is 5.10 Å². The van der Waals surface area contributed by atoms with E-state index >= 15 is 0 Å². The number of rotatable bonds is 3. The van der Waals surface area contributed by atoms with Gasteiger partial charge in [0, 0.05) is 11.8 Å². The molecular weight excluding hydrogens is 251 g/mol. The van der Waals surface area contributed by atoms with E-state index in [1.165, 1.54) is 25.3 Å². The van der Waals surface area contributed by atoms with Crippen LogP contribution in [0.2, 0.25) is 0 Å². The lowest BCUT2D eigenvalue weighted by atomic mass is 10.2. The summed E-state index contributed by atoms with van der Waals surface area (Å²) in [5.41, 5.74) is 7.08. The van der Waals surface area contributed by atoms with Crippen LogP contribution in [0.5, 0.6) is 5.75 Å². The van der Waals surface area contributed by atoms with Crippen molar-refractivity contribution in [2.24, 2.45) is 0 Å². The van der Waals surface area contributed by atoms with Crippen LogP contribution in [0.15, 0.2) is 18.2 Å².